The van der Waals surface area contributed by atoms with Gasteiger partial charge in [0.05, 0.1) is 51.6 Å². The summed E-state index contributed by atoms with van der Waals surface area (Å²) in [5, 5.41) is 19.8. The topological polar surface area (TPSA) is 38.0 Å². The Morgan fingerprint density at radius 1 is 0.477 bits per heavy atom. The van der Waals surface area contributed by atoms with Gasteiger partial charge in [-0.3, -0.25) is 0 Å². The molecule has 0 aliphatic carbocycles. The van der Waals surface area contributed by atoms with Gasteiger partial charge in [-0.15, -0.1) is 0 Å². The molecule has 0 unspecified atom stereocenters. The van der Waals surface area contributed by atoms with Crippen molar-refractivity contribution in [3.05, 3.63) is 150 Å². The Balaban J connectivity index is 1.39. The predicted molar refractivity (Wildman–Crippen MR) is 181 cm³/mol. The highest BCUT2D eigenvalue weighted by Crippen LogP contribution is 2.42. The lowest BCUT2D eigenvalue weighted by Crippen LogP contribution is -2.02. The van der Waals surface area contributed by atoms with E-state index in [1.54, 1.807) is 0 Å². The van der Waals surface area contributed by atoms with Crippen LogP contribution in [0, 0.1) is 17.9 Å². The van der Waals surface area contributed by atoms with Crippen molar-refractivity contribution in [1.29, 1.82) is 5.26 Å². The molecule has 7 aromatic carbocycles. The summed E-state index contributed by atoms with van der Waals surface area (Å²) in [5.74, 6) is 0. The van der Waals surface area contributed by atoms with E-state index in [1.807, 2.05) is 48.5 Å². The smallest absolute Gasteiger partial charge is 0.230 e. The summed E-state index contributed by atoms with van der Waals surface area (Å²) in [5.41, 5.74) is 6.13. The van der Waals surface area contributed by atoms with Gasteiger partial charge in [-0.05, 0) is 70.1 Å². The van der Waals surface area contributed by atoms with Crippen molar-refractivity contribution in [3.63, 3.8) is 0 Å². The van der Waals surface area contributed by atoms with Crippen LogP contribution in [0.4, 0.5) is 5.69 Å². The molecule has 0 bridgehead atoms. The Morgan fingerprint density at radius 2 is 0.909 bits per heavy atom. The first-order valence-corrected chi connectivity index (χ1v) is 14.5. The van der Waals surface area contributed by atoms with Crippen LogP contribution >= 0.6 is 0 Å². The monoisotopic (exact) mass is 558 g/mol. The lowest BCUT2D eigenvalue weighted by Gasteiger charge is -2.16. The van der Waals surface area contributed by atoms with E-state index in [0.717, 1.165) is 54.4 Å². The van der Waals surface area contributed by atoms with Gasteiger partial charge in [-0.2, -0.15) is 5.26 Å². The first-order chi connectivity index (χ1) is 21.7. The van der Waals surface area contributed by atoms with Crippen molar-refractivity contribution in [2.75, 3.05) is 0 Å². The van der Waals surface area contributed by atoms with Crippen LogP contribution in [0.5, 0.6) is 0 Å². The highest BCUT2D eigenvalue weighted by Gasteiger charge is 2.22. The summed E-state index contributed by atoms with van der Waals surface area (Å²) in [6, 6.07) is 48.5. The summed E-state index contributed by atoms with van der Waals surface area (Å²) in [6.07, 6.45) is 0. The molecule has 0 N–H and O–H groups in total. The first-order valence-electron chi connectivity index (χ1n) is 14.5. The van der Waals surface area contributed by atoms with E-state index in [0.29, 0.717) is 22.6 Å². The van der Waals surface area contributed by atoms with Gasteiger partial charge in [-0.25, -0.2) is 4.85 Å². The van der Waals surface area contributed by atoms with Gasteiger partial charge in [0.1, 0.15) is 0 Å². The van der Waals surface area contributed by atoms with Gasteiger partial charge in [0.2, 0.25) is 5.69 Å². The van der Waals surface area contributed by atoms with E-state index < -0.39 is 0 Å². The molecule has 0 aliphatic heterocycles. The van der Waals surface area contributed by atoms with Crippen LogP contribution in [0.25, 0.3) is 81.4 Å². The number of nitrogens with zero attached hydrogens (tertiary/aromatic N) is 4. The lowest BCUT2D eigenvalue weighted by molar-refractivity contribution is 1.14. The summed E-state index contributed by atoms with van der Waals surface area (Å²) in [6.45, 7) is 8.39. The van der Waals surface area contributed by atoms with E-state index in [2.05, 4.69) is 105 Å². The average Bonchev–Trinajstić information content (AvgIpc) is 3.57. The minimum atomic E-state index is 0.340. The third-order valence-corrected chi connectivity index (χ3v) is 8.92. The maximum Gasteiger partial charge on any atom is 0.230 e. The van der Waals surface area contributed by atoms with Gasteiger partial charge in [-0.1, -0.05) is 84.9 Å². The number of hydrogen-bond acceptors (Lipinski definition) is 1. The summed E-state index contributed by atoms with van der Waals surface area (Å²) in [7, 11) is 0. The van der Waals surface area contributed by atoms with Gasteiger partial charge in [0, 0.05) is 21.5 Å². The minimum Gasteiger partial charge on any atom is -0.319 e. The molecular formula is C40H22N4. The predicted octanol–water partition coefficient (Wildman–Crippen LogP) is 10.6. The fourth-order valence-corrected chi connectivity index (χ4v) is 6.99. The van der Waals surface area contributed by atoms with Crippen molar-refractivity contribution < 1.29 is 0 Å². The van der Waals surface area contributed by atoms with Crippen molar-refractivity contribution in [2.45, 2.75) is 0 Å². The van der Waals surface area contributed by atoms with Crippen molar-refractivity contribution in [1.82, 2.24) is 9.13 Å². The average molecular weight is 559 g/mol. The molecule has 202 valence electrons. The Bertz CT molecular complexity index is 2550. The maximum atomic E-state index is 10.7. The van der Waals surface area contributed by atoms with E-state index in [1.165, 1.54) is 10.8 Å². The molecule has 9 rings (SSSR count). The zero-order valence-corrected chi connectivity index (χ0v) is 23.5. The standard InChI is InChI=1S/C40H22N4/c1-42-40-33(24-41)36(43-34-16-8-6-14-29(34)31-20-25-10-2-4-12-27(25)22-38(31)43)18-19-37(40)44-35-17-9-7-15-30(35)32-21-26-11-3-5-13-28(26)23-39(32)44/h2-23H. The van der Waals surface area contributed by atoms with Crippen molar-refractivity contribution >= 4 is 70.8 Å². The SMILES string of the molecule is [C-]#[N+]c1c(-n2c3ccccc3c3cc4ccccc4cc32)ccc(-n2c3ccccc3c3cc4ccccc4cc32)c1C#N. The molecule has 4 nitrogen and oxygen atoms in total. The zero-order chi connectivity index (χ0) is 29.4. The zero-order valence-electron chi connectivity index (χ0n) is 23.5. The maximum absolute atomic E-state index is 10.7. The molecule has 0 amide bonds. The molecule has 44 heavy (non-hydrogen) atoms. The number of hydrogen-bond donors (Lipinski definition) is 0. The van der Waals surface area contributed by atoms with Gasteiger partial charge < -0.3 is 9.13 Å². The van der Waals surface area contributed by atoms with Crippen LogP contribution in [-0.2, 0) is 0 Å². The molecule has 0 spiro atoms. The number of nitriles is 1. The minimum absolute atomic E-state index is 0.340. The fraction of sp³-hybridized carbons (Fsp3) is 0. The molecular weight excluding hydrogens is 536 g/mol. The molecule has 0 radical (unpaired) electrons. The number of aromatic nitrogens is 2. The molecule has 9 aromatic rings. The Labute approximate surface area is 252 Å². The largest absolute Gasteiger partial charge is 0.319 e. The highest BCUT2D eigenvalue weighted by atomic mass is 15.0. The molecule has 0 saturated carbocycles. The van der Waals surface area contributed by atoms with E-state index in [-0.39, 0.29) is 0 Å². The quantitative estimate of drug-likeness (QED) is 0.195. The third-order valence-electron chi connectivity index (χ3n) is 8.92. The van der Waals surface area contributed by atoms with Crippen LogP contribution < -0.4 is 0 Å². The number of benzene rings is 7. The van der Waals surface area contributed by atoms with E-state index >= 15 is 0 Å². The number of rotatable bonds is 2. The van der Waals surface area contributed by atoms with Gasteiger partial charge >= 0.3 is 0 Å². The van der Waals surface area contributed by atoms with Crippen molar-refractivity contribution in [2.24, 2.45) is 0 Å². The van der Waals surface area contributed by atoms with Gasteiger partial charge in [0.25, 0.3) is 0 Å². The van der Waals surface area contributed by atoms with Crippen molar-refractivity contribution in [3.8, 4) is 17.4 Å². The Kier molecular flexibility index (Phi) is 5.00. The van der Waals surface area contributed by atoms with Crippen LogP contribution in [-0.4, -0.2) is 9.13 Å². The molecule has 0 fully saturated rings. The molecule has 0 saturated heterocycles. The second-order valence-corrected chi connectivity index (χ2v) is 11.2. The molecule has 2 heterocycles. The Hall–Kier alpha value is -6.36. The number of fused-ring (bicyclic) bond motifs is 8. The van der Waals surface area contributed by atoms with Gasteiger partial charge in [0.15, 0.2) is 0 Å². The van der Waals surface area contributed by atoms with Crippen LogP contribution in [0.2, 0.25) is 0 Å². The molecule has 2 aromatic heterocycles. The second-order valence-electron chi connectivity index (χ2n) is 11.2. The molecule has 0 atom stereocenters. The number of para-hydroxylation sites is 2. The highest BCUT2D eigenvalue weighted by molar-refractivity contribution is 6.15. The third kappa shape index (κ3) is 3.25. The lowest BCUT2D eigenvalue weighted by atomic mass is 10.1. The normalized spacial score (nSPS) is 11.6. The van der Waals surface area contributed by atoms with E-state index in [9.17, 15) is 5.26 Å². The Morgan fingerprint density at radius 3 is 1.41 bits per heavy atom. The first kappa shape index (κ1) is 24.3. The second kappa shape index (κ2) is 9.07. The van der Waals surface area contributed by atoms with Crippen LogP contribution in [0.3, 0.4) is 0 Å². The molecule has 0 aliphatic rings. The fourth-order valence-electron chi connectivity index (χ4n) is 6.99. The van der Waals surface area contributed by atoms with Crippen LogP contribution in [0.1, 0.15) is 5.56 Å². The summed E-state index contributed by atoms with van der Waals surface area (Å²) >= 11 is 0. The van der Waals surface area contributed by atoms with Crippen LogP contribution in [0.15, 0.2) is 133 Å². The molecule has 4 heteroatoms. The summed E-state index contributed by atoms with van der Waals surface area (Å²) in [4.78, 5) is 4.05. The summed E-state index contributed by atoms with van der Waals surface area (Å²) < 4.78 is 4.29. The van der Waals surface area contributed by atoms with E-state index in [4.69, 9.17) is 6.57 Å².